The fourth-order valence-electron chi connectivity index (χ4n) is 4.13. The normalized spacial score (nSPS) is 15.7. The summed E-state index contributed by atoms with van der Waals surface area (Å²) < 4.78 is 14.6. The van der Waals surface area contributed by atoms with E-state index in [1.54, 1.807) is 47.6 Å². The van der Waals surface area contributed by atoms with Crippen LogP contribution in [-0.4, -0.2) is 50.1 Å². The van der Waals surface area contributed by atoms with Gasteiger partial charge in [-0.25, -0.2) is 19.5 Å². The highest BCUT2D eigenvalue weighted by Gasteiger charge is 2.29. The molecule has 1 fully saturated rings. The zero-order valence-corrected chi connectivity index (χ0v) is 17.7. The number of nitrogens with one attached hydrogen (secondary N) is 2. The zero-order valence-electron chi connectivity index (χ0n) is 17.7. The summed E-state index contributed by atoms with van der Waals surface area (Å²) in [6, 6.07) is 13.4. The predicted molar refractivity (Wildman–Crippen MR) is 122 cm³/mol. The number of hydrogen-bond donors (Lipinski definition) is 2. The van der Waals surface area contributed by atoms with Crippen molar-refractivity contribution in [1.29, 1.82) is 0 Å². The molecule has 1 unspecified atom stereocenters. The van der Waals surface area contributed by atoms with Gasteiger partial charge in [-0.1, -0.05) is 24.3 Å². The highest BCUT2D eigenvalue weighted by Crippen LogP contribution is 2.21. The molecule has 33 heavy (non-hydrogen) atoms. The van der Waals surface area contributed by atoms with Crippen LogP contribution in [0.1, 0.15) is 28.0 Å². The Morgan fingerprint density at radius 3 is 2.73 bits per heavy atom. The summed E-state index contributed by atoms with van der Waals surface area (Å²) in [4.78, 5) is 35.1. The smallest absolute Gasteiger partial charge is 0.272 e. The van der Waals surface area contributed by atoms with E-state index in [2.05, 4.69) is 25.5 Å². The average molecular weight is 444 g/mol. The monoisotopic (exact) mass is 444 g/mol. The minimum Gasteiger partial charge on any atom is -0.350 e. The van der Waals surface area contributed by atoms with E-state index in [1.165, 1.54) is 6.07 Å². The number of likely N-dealkylation sites (tertiary alicyclic amines) is 1. The third-order valence-corrected chi connectivity index (χ3v) is 5.78. The molecule has 5 rings (SSSR count). The van der Waals surface area contributed by atoms with E-state index in [1.807, 2.05) is 12.1 Å². The van der Waals surface area contributed by atoms with Gasteiger partial charge in [0, 0.05) is 43.3 Å². The second-order valence-electron chi connectivity index (χ2n) is 7.99. The van der Waals surface area contributed by atoms with Crippen molar-refractivity contribution in [3.8, 4) is 0 Å². The number of fused-ring (bicyclic) bond motifs is 1. The number of benzene rings is 2. The first-order chi connectivity index (χ1) is 16.1. The summed E-state index contributed by atoms with van der Waals surface area (Å²) in [6.45, 7) is 0.950. The topological polar surface area (TPSA) is 104 Å². The van der Waals surface area contributed by atoms with Gasteiger partial charge in [-0.2, -0.15) is 5.10 Å². The third kappa shape index (κ3) is 4.30. The Balaban J connectivity index is 1.35. The quantitative estimate of drug-likeness (QED) is 0.491. The molecule has 0 saturated carbocycles. The molecule has 4 aromatic rings. The summed E-state index contributed by atoms with van der Waals surface area (Å²) in [7, 11) is 0. The van der Waals surface area contributed by atoms with Crippen LogP contribution in [0.15, 0.2) is 65.7 Å². The molecule has 1 atom stereocenters. The molecule has 2 aromatic heterocycles. The van der Waals surface area contributed by atoms with Crippen LogP contribution in [0.5, 0.6) is 0 Å². The largest absolute Gasteiger partial charge is 0.350 e. The molecule has 1 aliphatic heterocycles. The number of carbonyl (C=O) groups is 1. The highest BCUT2D eigenvalue weighted by molar-refractivity contribution is 5.95. The molecule has 8 nitrogen and oxygen atoms in total. The minimum atomic E-state index is -0.564. The molecule has 0 bridgehead atoms. The van der Waals surface area contributed by atoms with Crippen molar-refractivity contribution in [3.63, 3.8) is 0 Å². The zero-order chi connectivity index (χ0) is 22.8. The molecule has 1 saturated heterocycles. The van der Waals surface area contributed by atoms with Gasteiger partial charge in [0.25, 0.3) is 11.5 Å². The van der Waals surface area contributed by atoms with Crippen LogP contribution < -0.4 is 10.9 Å². The van der Waals surface area contributed by atoms with Crippen LogP contribution in [0.25, 0.3) is 10.8 Å². The maximum absolute atomic E-state index is 14.6. The summed E-state index contributed by atoms with van der Waals surface area (Å²) >= 11 is 0. The minimum absolute atomic E-state index is 0.000647. The number of H-pyrrole nitrogens is 1. The van der Waals surface area contributed by atoms with Crippen molar-refractivity contribution in [2.24, 2.45) is 0 Å². The number of rotatable bonds is 5. The molecule has 1 aliphatic rings. The van der Waals surface area contributed by atoms with E-state index >= 15 is 0 Å². The van der Waals surface area contributed by atoms with Crippen molar-refractivity contribution in [3.05, 3.63) is 93.9 Å². The van der Waals surface area contributed by atoms with Gasteiger partial charge < -0.3 is 10.2 Å². The lowest BCUT2D eigenvalue weighted by Gasteiger charge is -2.18. The Bertz CT molecular complexity index is 1370. The first-order valence-corrected chi connectivity index (χ1v) is 10.7. The Hall–Kier alpha value is -4.14. The summed E-state index contributed by atoms with van der Waals surface area (Å²) in [5.74, 6) is -0.414. The number of carbonyl (C=O) groups excluding carboxylic acids is 1. The second kappa shape index (κ2) is 8.78. The average Bonchev–Trinajstić information content (AvgIpc) is 3.31. The van der Waals surface area contributed by atoms with Gasteiger partial charge in [0.15, 0.2) is 0 Å². The number of anilines is 1. The lowest BCUT2D eigenvalue weighted by molar-refractivity contribution is 0.0787. The third-order valence-electron chi connectivity index (χ3n) is 5.78. The first kappa shape index (κ1) is 20.7. The van der Waals surface area contributed by atoms with Crippen molar-refractivity contribution >= 4 is 22.6 Å². The standard InChI is InChI=1S/C24H21FN6O2/c25-20-7-6-15(13-21-17-4-1-2-5-18(17)22(32)30-29-21)12-19(20)23(33)31-11-8-16(14-31)28-24-26-9-3-10-27-24/h1-7,9-10,12,16H,8,11,13-14H2,(H,30,32)(H,26,27,28). The summed E-state index contributed by atoms with van der Waals surface area (Å²) in [6.07, 6.45) is 4.37. The molecule has 3 heterocycles. The Kier molecular flexibility index (Phi) is 5.52. The number of nitrogens with zero attached hydrogens (tertiary/aromatic N) is 4. The number of halogens is 1. The highest BCUT2D eigenvalue weighted by atomic mass is 19.1. The van der Waals surface area contributed by atoms with Crippen LogP contribution >= 0.6 is 0 Å². The first-order valence-electron chi connectivity index (χ1n) is 10.7. The maximum Gasteiger partial charge on any atom is 0.272 e. The fourth-order valence-corrected chi connectivity index (χ4v) is 4.13. The lowest BCUT2D eigenvalue weighted by atomic mass is 10.0. The summed E-state index contributed by atoms with van der Waals surface area (Å²) in [5, 5.41) is 11.2. The Labute approximate surface area is 188 Å². The van der Waals surface area contributed by atoms with Crippen molar-refractivity contribution in [1.82, 2.24) is 25.1 Å². The molecule has 0 radical (unpaired) electrons. The number of aromatic nitrogens is 4. The van der Waals surface area contributed by atoms with Gasteiger partial charge >= 0.3 is 0 Å². The molecule has 2 N–H and O–H groups in total. The Morgan fingerprint density at radius 2 is 1.91 bits per heavy atom. The molecule has 9 heteroatoms. The molecule has 0 aliphatic carbocycles. The van der Waals surface area contributed by atoms with Gasteiger partial charge in [-0.05, 0) is 36.2 Å². The van der Waals surface area contributed by atoms with E-state index in [4.69, 9.17) is 0 Å². The van der Waals surface area contributed by atoms with Gasteiger partial charge in [0.2, 0.25) is 5.95 Å². The molecule has 166 valence electrons. The number of amides is 1. The van der Waals surface area contributed by atoms with Crippen LogP contribution in [0.4, 0.5) is 10.3 Å². The van der Waals surface area contributed by atoms with Crippen LogP contribution in [0.2, 0.25) is 0 Å². The fraction of sp³-hybridized carbons (Fsp3) is 0.208. The molecule has 2 aromatic carbocycles. The SMILES string of the molecule is O=C(c1cc(Cc2n[nH]c(=O)c3ccccc23)ccc1F)N1CCC(Nc2ncccn2)C1. The van der Waals surface area contributed by atoms with Crippen LogP contribution in [0, 0.1) is 5.82 Å². The van der Waals surface area contributed by atoms with Gasteiger partial charge in [0.1, 0.15) is 5.82 Å². The second-order valence-corrected chi connectivity index (χ2v) is 7.99. The van der Waals surface area contributed by atoms with Crippen LogP contribution in [-0.2, 0) is 6.42 Å². The van der Waals surface area contributed by atoms with Gasteiger partial charge in [0.05, 0.1) is 16.6 Å². The van der Waals surface area contributed by atoms with Crippen molar-refractivity contribution < 1.29 is 9.18 Å². The van der Waals surface area contributed by atoms with E-state index in [0.29, 0.717) is 36.5 Å². The number of aromatic amines is 1. The van der Waals surface area contributed by atoms with Crippen molar-refractivity contribution in [2.45, 2.75) is 18.9 Å². The molecular formula is C24H21FN6O2. The lowest BCUT2D eigenvalue weighted by Crippen LogP contribution is -2.32. The van der Waals surface area contributed by atoms with E-state index in [9.17, 15) is 14.0 Å². The molecular weight excluding hydrogens is 423 g/mol. The maximum atomic E-state index is 14.6. The van der Waals surface area contributed by atoms with Crippen molar-refractivity contribution in [2.75, 3.05) is 18.4 Å². The van der Waals surface area contributed by atoms with E-state index < -0.39 is 5.82 Å². The van der Waals surface area contributed by atoms with Crippen LogP contribution in [0.3, 0.4) is 0 Å². The van der Waals surface area contributed by atoms with Gasteiger partial charge in [-0.3, -0.25) is 9.59 Å². The summed E-state index contributed by atoms with van der Waals surface area (Å²) in [5.41, 5.74) is 1.15. The van der Waals surface area contributed by atoms with E-state index in [-0.39, 0.29) is 23.1 Å². The molecule has 1 amide bonds. The number of hydrogen-bond acceptors (Lipinski definition) is 6. The molecule has 0 spiro atoms. The Morgan fingerprint density at radius 1 is 1.12 bits per heavy atom. The predicted octanol–water partition coefficient (Wildman–Crippen LogP) is 2.77. The van der Waals surface area contributed by atoms with E-state index in [0.717, 1.165) is 17.4 Å². The van der Waals surface area contributed by atoms with Gasteiger partial charge in [-0.15, -0.1) is 0 Å².